The molecule has 1 aromatic rings. The van der Waals surface area contributed by atoms with Crippen molar-refractivity contribution >= 4 is 7.12 Å². The summed E-state index contributed by atoms with van der Waals surface area (Å²) in [6, 6.07) is 3.25. The lowest BCUT2D eigenvalue weighted by molar-refractivity contribution is -0.0528. The molecular formula is C15H20BF2NO3. The number of halogens is 2. The van der Waals surface area contributed by atoms with Gasteiger partial charge < -0.3 is 14.0 Å². The second-order valence-electron chi connectivity index (χ2n) is 6.94. The maximum absolute atomic E-state index is 12.1. The molecule has 0 amide bonds. The smallest absolute Gasteiger partial charge is 0.417 e. The minimum atomic E-state index is -2.85. The molecule has 4 nitrogen and oxygen atoms in total. The normalized spacial score (nSPS) is 29.0. The Bertz CT molecular complexity index is 534. The highest BCUT2D eigenvalue weighted by Crippen LogP contribution is 2.58. The van der Waals surface area contributed by atoms with Crippen molar-refractivity contribution in [1.29, 1.82) is 0 Å². The van der Waals surface area contributed by atoms with Crippen LogP contribution in [0.25, 0.3) is 0 Å². The van der Waals surface area contributed by atoms with Gasteiger partial charge in [-0.25, -0.2) is 4.98 Å². The van der Waals surface area contributed by atoms with E-state index in [9.17, 15) is 8.78 Å². The fourth-order valence-electron chi connectivity index (χ4n) is 2.73. The van der Waals surface area contributed by atoms with Crippen molar-refractivity contribution in [1.82, 2.24) is 4.98 Å². The number of nitrogens with zero attached hydrogens (tertiary/aromatic N) is 1. The molecule has 0 N–H and O–H groups in total. The van der Waals surface area contributed by atoms with Crippen LogP contribution in [0.15, 0.2) is 18.3 Å². The summed E-state index contributed by atoms with van der Waals surface area (Å²) >= 11 is 0. The van der Waals surface area contributed by atoms with Crippen LogP contribution in [0.5, 0.6) is 5.88 Å². The largest absolute Gasteiger partial charge is 0.461 e. The molecule has 0 spiro atoms. The van der Waals surface area contributed by atoms with Gasteiger partial charge in [-0.1, -0.05) is 6.07 Å². The van der Waals surface area contributed by atoms with Gasteiger partial charge in [0, 0.05) is 18.1 Å². The third kappa shape index (κ3) is 2.84. The van der Waals surface area contributed by atoms with Crippen LogP contribution in [0.2, 0.25) is 5.82 Å². The molecule has 0 aromatic carbocycles. The van der Waals surface area contributed by atoms with Gasteiger partial charge in [-0.3, -0.25) is 0 Å². The lowest BCUT2D eigenvalue weighted by atomic mass is 9.80. The number of alkyl halides is 2. The van der Waals surface area contributed by atoms with Crippen molar-refractivity contribution < 1.29 is 22.8 Å². The van der Waals surface area contributed by atoms with E-state index in [-0.39, 0.29) is 30.0 Å². The summed E-state index contributed by atoms with van der Waals surface area (Å²) in [5.74, 6) is 0.513. The van der Waals surface area contributed by atoms with Gasteiger partial charge in [-0.05, 0) is 45.6 Å². The van der Waals surface area contributed by atoms with Gasteiger partial charge in [0.1, 0.15) is 0 Å². The van der Waals surface area contributed by atoms with Gasteiger partial charge >= 0.3 is 13.7 Å². The number of hydrogen-bond acceptors (Lipinski definition) is 4. The molecular weight excluding hydrogens is 291 g/mol. The molecule has 120 valence electrons. The molecule has 1 aromatic heterocycles. The van der Waals surface area contributed by atoms with Crippen LogP contribution >= 0.6 is 0 Å². The monoisotopic (exact) mass is 311 g/mol. The summed E-state index contributed by atoms with van der Waals surface area (Å²) in [6.45, 7) is 5.27. The van der Waals surface area contributed by atoms with Gasteiger partial charge in [0.05, 0.1) is 11.2 Å². The lowest BCUT2D eigenvalue weighted by Crippen LogP contribution is -2.41. The lowest BCUT2D eigenvalue weighted by Gasteiger charge is -2.32. The Hall–Kier alpha value is -1.21. The first-order chi connectivity index (χ1) is 10.2. The average Bonchev–Trinajstić information content (AvgIpc) is 3.13. The van der Waals surface area contributed by atoms with Crippen molar-refractivity contribution in [2.75, 3.05) is 0 Å². The Morgan fingerprint density at radius 2 is 1.86 bits per heavy atom. The zero-order valence-corrected chi connectivity index (χ0v) is 13.2. The second kappa shape index (κ2) is 5.16. The minimum Gasteiger partial charge on any atom is -0.417 e. The number of hydrogen-bond donors (Lipinski definition) is 0. The number of ether oxygens (including phenoxy) is 1. The number of rotatable bonds is 4. The van der Waals surface area contributed by atoms with Crippen molar-refractivity contribution in [3.63, 3.8) is 0 Å². The van der Waals surface area contributed by atoms with Crippen LogP contribution < -0.4 is 4.74 Å². The third-order valence-corrected chi connectivity index (χ3v) is 4.86. The molecule has 1 saturated heterocycles. The van der Waals surface area contributed by atoms with Crippen LogP contribution in [-0.4, -0.2) is 29.9 Å². The van der Waals surface area contributed by atoms with Crippen molar-refractivity contribution in [3.05, 3.63) is 23.9 Å². The topological polar surface area (TPSA) is 40.6 Å². The minimum absolute atomic E-state index is 0.0633. The quantitative estimate of drug-likeness (QED) is 0.796. The summed E-state index contributed by atoms with van der Waals surface area (Å²) < 4.78 is 40.6. The summed E-state index contributed by atoms with van der Waals surface area (Å²) in [7, 11) is -0.230. The van der Waals surface area contributed by atoms with Crippen LogP contribution in [0.3, 0.4) is 0 Å². The summed E-state index contributed by atoms with van der Waals surface area (Å²) in [4.78, 5) is 3.91. The third-order valence-electron chi connectivity index (χ3n) is 4.86. The predicted molar refractivity (Wildman–Crippen MR) is 78.1 cm³/mol. The molecule has 1 aliphatic carbocycles. The van der Waals surface area contributed by atoms with E-state index in [4.69, 9.17) is 9.31 Å². The Labute approximate surface area is 129 Å². The molecule has 2 atom stereocenters. The average molecular weight is 311 g/mol. The van der Waals surface area contributed by atoms with Gasteiger partial charge in [0.2, 0.25) is 5.88 Å². The molecule has 1 aliphatic heterocycles. The summed E-state index contributed by atoms with van der Waals surface area (Å²) in [6.07, 6.45) is 2.54. The van der Waals surface area contributed by atoms with E-state index in [1.165, 1.54) is 6.07 Å². The Kier molecular flexibility index (Phi) is 3.68. The first kappa shape index (κ1) is 15.7. The maximum atomic E-state index is 12.1. The Balaban J connectivity index is 1.63. The van der Waals surface area contributed by atoms with E-state index < -0.39 is 6.61 Å². The molecule has 22 heavy (non-hydrogen) atoms. The second-order valence-corrected chi connectivity index (χ2v) is 6.94. The van der Waals surface area contributed by atoms with E-state index in [1.54, 1.807) is 12.3 Å². The molecule has 2 heterocycles. The van der Waals surface area contributed by atoms with Crippen LogP contribution in [-0.2, 0) is 9.31 Å². The van der Waals surface area contributed by atoms with E-state index >= 15 is 0 Å². The number of pyridine rings is 1. The van der Waals surface area contributed by atoms with Crippen LogP contribution in [0.1, 0.15) is 45.6 Å². The van der Waals surface area contributed by atoms with Crippen LogP contribution in [0, 0.1) is 0 Å². The van der Waals surface area contributed by atoms with Gasteiger partial charge in [0.25, 0.3) is 0 Å². The van der Waals surface area contributed by atoms with Gasteiger partial charge in [-0.15, -0.1) is 0 Å². The molecule has 2 aliphatic rings. The fourth-order valence-corrected chi connectivity index (χ4v) is 2.73. The van der Waals surface area contributed by atoms with Crippen molar-refractivity contribution in [2.45, 2.75) is 63.7 Å². The van der Waals surface area contributed by atoms with Crippen molar-refractivity contribution in [3.8, 4) is 5.88 Å². The Morgan fingerprint density at radius 3 is 2.36 bits per heavy atom. The van der Waals surface area contributed by atoms with Crippen LogP contribution in [0.4, 0.5) is 8.78 Å². The maximum Gasteiger partial charge on any atom is 0.461 e. The first-order valence-corrected chi connectivity index (χ1v) is 7.46. The molecule has 7 heteroatoms. The van der Waals surface area contributed by atoms with Gasteiger partial charge in [0.15, 0.2) is 0 Å². The highest BCUT2D eigenvalue weighted by Gasteiger charge is 2.59. The molecule has 0 radical (unpaired) electrons. The molecule has 0 unspecified atom stereocenters. The Morgan fingerprint density at radius 1 is 1.23 bits per heavy atom. The summed E-state index contributed by atoms with van der Waals surface area (Å²) in [5, 5.41) is 0. The zero-order valence-electron chi connectivity index (χ0n) is 13.2. The standard InChI is InChI=1S/C15H20BF2NO3/c1-14(2)15(3,4)22-16(21-14)11-7-10(11)9-5-6-12(19-8-9)20-13(17)18/h5-6,8,10-11,13H,7H2,1-4H3/t10-,11+/m1/s1. The fraction of sp³-hybridized carbons (Fsp3) is 0.667. The first-order valence-electron chi connectivity index (χ1n) is 7.46. The molecule has 2 fully saturated rings. The van der Waals surface area contributed by atoms with E-state index in [0.717, 1.165) is 12.0 Å². The SMILES string of the molecule is CC1(C)OB([C@H]2C[C@@H]2c2ccc(OC(F)F)nc2)OC1(C)C. The summed E-state index contributed by atoms with van der Waals surface area (Å²) in [5.41, 5.74) is 0.331. The van der Waals surface area contributed by atoms with E-state index in [0.29, 0.717) is 5.92 Å². The molecule has 3 rings (SSSR count). The highest BCUT2D eigenvalue weighted by atomic mass is 19.3. The van der Waals surface area contributed by atoms with Gasteiger partial charge in [-0.2, -0.15) is 8.78 Å². The highest BCUT2D eigenvalue weighted by molar-refractivity contribution is 6.49. The number of aromatic nitrogens is 1. The van der Waals surface area contributed by atoms with Crippen molar-refractivity contribution in [2.24, 2.45) is 0 Å². The molecule has 1 saturated carbocycles. The zero-order chi connectivity index (χ0) is 16.1. The molecule has 0 bridgehead atoms. The predicted octanol–water partition coefficient (Wildman–Crippen LogP) is 3.63. The van der Waals surface area contributed by atoms with E-state index in [1.807, 2.05) is 27.7 Å². The van der Waals surface area contributed by atoms with E-state index in [2.05, 4.69) is 9.72 Å².